The van der Waals surface area contributed by atoms with Gasteiger partial charge in [-0.1, -0.05) is 133 Å². The molecule has 51 heavy (non-hydrogen) atoms. The molecule has 0 atom stereocenters. The Hall–Kier alpha value is -7.16. The van der Waals surface area contributed by atoms with Gasteiger partial charge in [-0.15, -0.1) is 0 Å². The van der Waals surface area contributed by atoms with Crippen molar-refractivity contribution >= 4 is 21.9 Å². The summed E-state index contributed by atoms with van der Waals surface area (Å²) in [5.41, 5.74) is 11.0. The van der Waals surface area contributed by atoms with Crippen molar-refractivity contribution in [1.29, 1.82) is 5.26 Å². The van der Waals surface area contributed by atoms with Crippen molar-refractivity contribution in [2.24, 2.45) is 0 Å². The predicted octanol–water partition coefficient (Wildman–Crippen LogP) is 11.6. The first kappa shape index (κ1) is 29.9. The average Bonchev–Trinajstić information content (AvgIpc) is 3.60. The second-order valence-electron chi connectivity index (χ2n) is 12.3. The summed E-state index contributed by atoms with van der Waals surface area (Å²) in [5, 5.41) is 11.4. The summed E-state index contributed by atoms with van der Waals surface area (Å²) in [6.45, 7) is 0. The van der Waals surface area contributed by atoms with Gasteiger partial charge in [-0.3, -0.25) is 0 Å². The smallest absolute Gasteiger partial charge is 0.164 e. The minimum absolute atomic E-state index is 0.548. The Labute approximate surface area is 294 Å². The summed E-state index contributed by atoms with van der Waals surface area (Å²) < 4.78 is 6.78. The minimum atomic E-state index is 0.548. The van der Waals surface area contributed by atoms with E-state index in [0.29, 0.717) is 23.0 Å². The second-order valence-corrected chi connectivity index (χ2v) is 12.3. The number of nitriles is 1. The molecule has 0 spiro atoms. The molecule has 5 nitrogen and oxygen atoms in total. The molecule has 238 valence electrons. The van der Waals surface area contributed by atoms with Crippen molar-refractivity contribution in [3.05, 3.63) is 175 Å². The van der Waals surface area contributed by atoms with Crippen LogP contribution in [0.25, 0.3) is 89.5 Å². The molecule has 0 N–H and O–H groups in total. The number of aromatic nitrogens is 3. The van der Waals surface area contributed by atoms with E-state index in [-0.39, 0.29) is 0 Å². The molecule has 0 aliphatic carbocycles. The lowest BCUT2D eigenvalue weighted by Gasteiger charge is -2.13. The monoisotopic (exact) mass is 652 g/mol. The van der Waals surface area contributed by atoms with Crippen LogP contribution in [-0.2, 0) is 0 Å². The number of benzene rings is 7. The van der Waals surface area contributed by atoms with Gasteiger partial charge in [0.1, 0.15) is 11.2 Å². The van der Waals surface area contributed by atoms with Crippen LogP contribution >= 0.6 is 0 Å². The van der Waals surface area contributed by atoms with E-state index in [2.05, 4.69) is 72.8 Å². The van der Waals surface area contributed by atoms with E-state index >= 15 is 0 Å². The van der Waals surface area contributed by atoms with Crippen molar-refractivity contribution in [1.82, 2.24) is 15.0 Å². The lowest BCUT2D eigenvalue weighted by molar-refractivity contribution is 0.670. The third-order valence-electron chi connectivity index (χ3n) is 9.19. The summed E-state index contributed by atoms with van der Waals surface area (Å²) in [6, 6.07) is 59.2. The lowest BCUT2D eigenvalue weighted by atomic mass is 9.94. The molecular weight excluding hydrogens is 625 g/mol. The van der Waals surface area contributed by atoms with Gasteiger partial charge >= 0.3 is 0 Å². The van der Waals surface area contributed by atoms with E-state index in [1.165, 1.54) is 0 Å². The molecule has 0 aliphatic heterocycles. The standard InChI is InChI=1S/C46H28N4O/c47-29-30-22-24-31(25-23-30)35-18-10-19-36(28-35)45-48-44(34-16-8-3-9-17-34)49-46(50-45)39-27-26-38-42-37(32-12-4-1-5-13-32)20-11-21-40(42)51-43(38)41(39)33-14-6-2-7-15-33/h1-28H. The van der Waals surface area contributed by atoms with E-state index < -0.39 is 0 Å². The number of hydrogen-bond acceptors (Lipinski definition) is 5. The highest BCUT2D eigenvalue weighted by Gasteiger charge is 2.22. The second kappa shape index (κ2) is 12.7. The van der Waals surface area contributed by atoms with Crippen molar-refractivity contribution in [3.63, 3.8) is 0 Å². The van der Waals surface area contributed by atoms with Crippen LogP contribution < -0.4 is 0 Å². The maximum Gasteiger partial charge on any atom is 0.164 e. The van der Waals surface area contributed by atoms with Crippen LogP contribution in [0.5, 0.6) is 0 Å². The van der Waals surface area contributed by atoms with Gasteiger partial charge < -0.3 is 4.42 Å². The summed E-state index contributed by atoms with van der Waals surface area (Å²) in [7, 11) is 0. The van der Waals surface area contributed by atoms with Crippen LogP contribution in [-0.4, -0.2) is 15.0 Å². The van der Waals surface area contributed by atoms with Gasteiger partial charge in [-0.05, 0) is 64.2 Å². The number of furan rings is 1. The molecule has 0 fully saturated rings. The molecule has 0 bridgehead atoms. The molecule has 0 aliphatic rings. The molecule has 0 saturated heterocycles. The fraction of sp³-hybridized carbons (Fsp3) is 0. The zero-order chi connectivity index (χ0) is 34.1. The molecule has 2 aromatic heterocycles. The fourth-order valence-electron chi connectivity index (χ4n) is 6.74. The highest BCUT2D eigenvalue weighted by molar-refractivity contribution is 6.17. The van der Waals surface area contributed by atoms with Gasteiger partial charge in [0.25, 0.3) is 0 Å². The van der Waals surface area contributed by atoms with Crippen molar-refractivity contribution in [2.75, 3.05) is 0 Å². The normalized spacial score (nSPS) is 11.1. The van der Waals surface area contributed by atoms with Gasteiger partial charge in [0.05, 0.1) is 11.6 Å². The Morgan fingerprint density at radius 3 is 1.73 bits per heavy atom. The van der Waals surface area contributed by atoms with Gasteiger partial charge in [-0.25, -0.2) is 15.0 Å². The Morgan fingerprint density at radius 2 is 1.02 bits per heavy atom. The van der Waals surface area contributed by atoms with Crippen molar-refractivity contribution < 1.29 is 4.42 Å². The molecule has 9 rings (SSSR count). The molecule has 7 aromatic carbocycles. The number of hydrogen-bond donors (Lipinski definition) is 0. The Morgan fingerprint density at radius 1 is 0.431 bits per heavy atom. The van der Waals surface area contributed by atoms with Crippen LogP contribution in [0.4, 0.5) is 0 Å². The zero-order valence-corrected chi connectivity index (χ0v) is 27.4. The number of nitrogens with zero attached hydrogens (tertiary/aromatic N) is 4. The highest BCUT2D eigenvalue weighted by Crippen LogP contribution is 2.44. The summed E-state index contributed by atoms with van der Waals surface area (Å²) >= 11 is 0. The van der Waals surface area contributed by atoms with Crippen LogP contribution in [0.1, 0.15) is 5.56 Å². The largest absolute Gasteiger partial charge is 0.455 e. The SMILES string of the molecule is N#Cc1ccc(-c2cccc(-c3nc(-c4ccccc4)nc(-c4ccc5c(oc6cccc(-c7ccccc7)c65)c4-c4ccccc4)n3)c2)cc1. The quantitative estimate of drug-likeness (QED) is 0.179. The molecule has 9 aromatic rings. The highest BCUT2D eigenvalue weighted by atomic mass is 16.3. The summed E-state index contributed by atoms with van der Waals surface area (Å²) in [5.74, 6) is 1.69. The van der Waals surface area contributed by atoms with Gasteiger partial charge in [0.15, 0.2) is 17.5 Å². The fourth-order valence-corrected chi connectivity index (χ4v) is 6.74. The summed E-state index contributed by atoms with van der Waals surface area (Å²) in [4.78, 5) is 15.3. The summed E-state index contributed by atoms with van der Waals surface area (Å²) in [6.07, 6.45) is 0. The maximum atomic E-state index is 9.30. The third-order valence-corrected chi connectivity index (χ3v) is 9.19. The van der Waals surface area contributed by atoms with E-state index in [1.807, 2.05) is 103 Å². The van der Waals surface area contributed by atoms with Crippen LogP contribution in [0.15, 0.2) is 174 Å². The van der Waals surface area contributed by atoms with Crippen molar-refractivity contribution in [3.8, 4) is 73.6 Å². The van der Waals surface area contributed by atoms with E-state index in [9.17, 15) is 5.26 Å². The topological polar surface area (TPSA) is 75.6 Å². The molecule has 5 heteroatoms. The molecule has 0 unspecified atom stereocenters. The minimum Gasteiger partial charge on any atom is -0.455 e. The van der Waals surface area contributed by atoms with Gasteiger partial charge in [0.2, 0.25) is 0 Å². The van der Waals surface area contributed by atoms with E-state index in [1.54, 1.807) is 0 Å². The maximum absolute atomic E-state index is 9.30. The lowest BCUT2D eigenvalue weighted by Crippen LogP contribution is -2.01. The van der Waals surface area contributed by atoms with Gasteiger partial charge in [0, 0.05) is 33.0 Å². The third kappa shape index (κ3) is 5.51. The first-order valence-electron chi connectivity index (χ1n) is 16.8. The van der Waals surface area contributed by atoms with Crippen LogP contribution in [0, 0.1) is 11.3 Å². The first-order valence-corrected chi connectivity index (χ1v) is 16.8. The van der Waals surface area contributed by atoms with E-state index in [0.717, 1.165) is 72.0 Å². The molecule has 0 radical (unpaired) electrons. The first-order chi connectivity index (χ1) is 25.2. The van der Waals surface area contributed by atoms with Gasteiger partial charge in [-0.2, -0.15) is 5.26 Å². The average molecular weight is 653 g/mol. The zero-order valence-electron chi connectivity index (χ0n) is 27.4. The Kier molecular flexibility index (Phi) is 7.46. The number of fused-ring (bicyclic) bond motifs is 3. The molecule has 2 heterocycles. The Bertz CT molecular complexity index is 2730. The number of rotatable bonds is 6. The van der Waals surface area contributed by atoms with Crippen LogP contribution in [0.2, 0.25) is 0 Å². The molecular formula is C46H28N4O. The predicted molar refractivity (Wildman–Crippen MR) is 204 cm³/mol. The molecule has 0 saturated carbocycles. The Balaban J connectivity index is 1.29. The van der Waals surface area contributed by atoms with E-state index in [4.69, 9.17) is 19.4 Å². The van der Waals surface area contributed by atoms with Crippen LogP contribution in [0.3, 0.4) is 0 Å². The van der Waals surface area contributed by atoms with Crippen molar-refractivity contribution in [2.45, 2.75) is 0 Å². The molecule has 0 amide bonds.